The summed E-state index contributed by atoms with van der Waals surface area (Å²) in [7, 11) is 2.11. The molecule has 0 bridgehead atoms. The number of carbonyl (C=O) groups is 1. The molecule has 1 aliphatic rings. The second-order valence-corrected chi connectivity index (χ2v) is 9.17. The monoisotopic (exact) mass is 472 g/mol. The number of hydrogen-bond donors (Lipinski definition) is 0. The van der Waals surface area contributed by atoms with Gasteiger partial charge in [0, 0.05) is 36.0 Å². The predicted octanol–water partition coefficient (Wildman–Crippen LogP) is 3.64. The van der Waals surface area contributed by atoms with Crippen molar-refractivity contribution in [3.05, 3.63) is 87.5 Å². The molecule has 1 saturated heterocycles. The van der Waals surface area contributed by atoms with E-state index < -0.39 is 5.63 Å². The molecule has 2 aromatic carbocycles. The average molecular weight is 473 g/mol. The van der Waals surface area contributed by atoms with Crippen LogP contribution in [0.4, 0.5) is 0 Å². The van der Waals surface area contributed by atoms with Crippen LogP contribution in [-0.2, 0) is 13.0 Å². The number of carbonyl (C=O) groups excluding carboxylic acids is 1. The third-order valence-corrected chi connectivity index (χ3v) is 6.50. The van der Waals surface area contributed by atoms with E-state index in [0.29, 0.717) is 17.7 Å². The Hall–Kier alpha value is -3.78. The van der Waals surface area contributed by atoms with Crippen molar-refractivity contribution in [1.29, 1.82) is 0 Å². The number of ether oxygens (including phenoxy) is 1. The van der Waals surface area contributed by atoms with Crippen molar-refractivity contribution in [2.45, 2.75) is 38.8 Å². The van der Waals surface area contributed by atoms with Gasteiger partial charge in [0.25, 0.3) is 0 Å². The Morgan fingerprint density at radius 1 is 1.14 bits per heavy atom. The number of aryl methyl sites for hydroxylation is 1. The minimum absolute atomic E-state index is 0.102. The Morgan fingerprint density at radius 2 is 1.91 bits per heavy atom. The van der Waals surface area contributed by atoms with Gasteiger partial charge in [0.15, 0.2) is 5.78 Å². The van der Waals surface area contributed by atoms with Gasteiger partial charge >= 0.3 is 5.63 Å². The maximum Gasteiger partial charge on any atom is 0.339 e. The molecule has 180 valence electrons. The van der Waals surface area contributed by atoms with E-state index in [0.717, 1.165) is 48.2 Å². The fourth-order valence-electron chi connectivity index (χ4n) is 4.42. The summed E-state index contributed by atoms with van der Waals surface area (Å²) in [6.45, 7) is 4.42. The zero-order valence-electron chi connectivity index (χ0n) is 19.9. The molecule has 0 atom stereocenters. The van der Waals surface area contributed by atoms with Crippen LogP contribution in [0.3, 0.4) is 0 Å². The van der Waals surface area contributed by atoms with E-state index in [4.69, 9.17) is 9.15 Å². The van der Waals surface area contributed by atoms with E-state index in [1.807, 2.05) is 49.4 Å². The van der Waals surface area contributed by atoms with Gasteiger partial charge in [-0.3, -0.25) is 4.79 Å². The highest BCUT2D eigenvalue weighted by molar-refractivity contribution is 5.95. The first-order valence-electron chi connectivity index (χ1n) is 11.8. The number of fused-ring (bicyclic) bond motifs is 1. The predicted molar refractivity (Wildman–Crippen MR) is 132 cm³/mol. The van der Waals surface area contributed by atoms with Gasteiger partial charge in [-0.2, -0.15) is 0 Å². The first-order valence-corrected chi connectivity index (χ1v) is 11.8. The minimum atomic E-state index is -0.526. The number of likely N-dealkylation sites (tertiary alicyclic amines) is 1. The zero-order chi connectivity index (χ0) is 24.4. The van der Waals surface area contributed by atoms with Crippen LogP contribution < -0.4 is 10.4 Å². The SMILES string of the molecule is Cc1c(OC2CCN(C)CC2)ccc2cc(CC(=O)c3cn(Cc4ccccc4)nn3)c(=O)oc12. The molecule has 0 radical (unpaired) electrons. The Bertz CT molecular complexity index is 1400. The normalized spacial score (nSPS) is 14.9. The summed E-state index contributed by atoms with van der Waals surface area (Å²) in [5, 5.41) is 8.80. The van der Waals surface area contributed by atoms with Crippen molar-refractivity contribution < 1.29 is 13.9 Å². The summed E-state index contributed by atoms with van der Waals surface area (Å²) in [5.74, 6) is 0.448. The van der Waals surface area contributed by atoms with Gasteiger partial charge in [-0.25, -0.2) is 9.48 Å². The molecule has 5 rings (SSSR count). The van der Waals surface area contributed by atoms with Gasteiger partial charge in [-0.15, -0.1) is 5.10 Å². The lowest BCUT2D eigenvalue weighted by atomic mass is 10.0. The van der Waals surface area contributed by atoms with E-state index >= 15 is 0 Å². The highest BCUT2D eigenvalue weighted by Gasteiger charge is 2.21. The van der Waals surface area contributed by atoms with E-state index in [-0.39, 0.29) is 24.0 Å². The first kappa shape index (κ1) is 23.0. The molecule has 0 unspecified atom stereocenters. The summed E-state index contributed by atoms with van der Waals surface area (Å²) < 4.78 is 13.5. The van der Waals surface area contributed by atoms with Crippen molar-refractivity contribution in [3.8, 4) is 5.75 Å². The molecule has 0 amide bonds. The number of Topliss-reactive ketones (excluding diaryl/α,β-unsaturated/α-hetero) is 1. The van der Waals surface area contributed by atoms with Gasteiger partial charge in [0.1, 0.15) is 23.1 Å². The number of nitrogens with zero attached hydrogens (tertiary/aromatic N) is 4. The Labute approximate surface area is 203 Å². The number of piperidine rings is 1. The maximum atomic E-state index is 12.8. The van der Waals surface area contributed by atoms with Gasteiger partial charge in [0.2, 0.25) is 0 Å². The lowest BCUT2D eigenvalue weighted by molar-refractivity contribution is 0.0987. The third kappa shape index (κ3) is 5.17. The molecular weight excluding hydrogens is 444 g/mol. The summed E-state index contributed by atoms with van der Waals surface area (Å²) >= 11 is 0. The average Bonchev–Trinajstić information content (AvgIpc) is 3.32. The van der Waals surface area contributed by atoms with Gasteiger partial charge in [0.05, 0.1) is 12.7 Å². The lowest BCUT2D eigenvalue weighted by Crippen LogP contribution is -2.35. The molecule has 1 fully saturated rings. The zero-order valence-corrected chi connectivity index (χ0v) is 19.9. The van der Waals surface area contributed by atoms with Crippen molar-refractivity contribution in [1.82, 2.24) is 19.9 Å². The van der Waals surface area contributed by atoms with Crippen LogP contribution in [0, 0.1) is 6.92 Å². The molecule has 0 spiro atoms. The summed E-state index contributed by atoms with van der Waals surface area (Å²) in [6.07, 6.45) is 3.59. The maximum absolute atomic E-state index is 12.8. The van der Waals surface area contributed by atoms with Gasteiger partial charge in [-0.1, -0.05) is 35.5 Å². The molecule has 1 aliphatic heterocycles. The molecule has 0 saturated carbocycles. The third-order valence-electron chi connectivity index (χ3n) is 6.50. The fraction of sp³-hybridized carbons (Fsp3) is 0.333. The summed E-state index contributed by atoms with van der Waals surface area (Å²) in [6, 6.07) is 15.3. The van der Waals surface area contributed by atoms with Gasteiger partial charge in [-0.05, 0) is 50.6 Å². The van der Waals surface area contributed by atoms with Crippen LogP contribution >= 0.6 is 0 Å². The Balaban J connectivity index is 1.31. The standard InChI is InChI=1S/C27H28N4O4/c1-18-25(34-22-10-12-30(2)13-11-22)9-8-20-14-21(27(33)35-26(18)20)15-24(32)23-17-31(29-28-23)16-19-6-4-3-5-7-19/h3-9,14,17,22H,10-13,15-16H2,1-2H3. The fourth-order valence-corrected chi connectivity index (χ4v) is 4.42. The number of ketones is 1. The van der Waals surface area contributed by atoms with E-state index in [9.17, 15) is 9.59 Å². The Kier molecular flexibility index (Phi) is 6.46. The molecule has 8 heteroatoms. The van der Waals surface area contributed by atoms with E-state index in [2.05, 4.69) is 22.3 Å². The van der Waals surface area contributed by atoms with Crippen molar-refractivity contribution in [3.63, 3.8) is 0 Å². The van der Waals surface area contributed by atoms with E-state index in [1.54, 1.807) is 16.9 Å². The number of hydrogen-bond acceptors (Lipinski definition) is 7. The molecule has 35 heavy (non-hydrogen) atoms. The van der Waals surface area contributed by atoms with Crippen LogP contribution in [0.5, 0.6) is 5.75 Å². The van der Waals surface area contributed by atoms with Crippen molar-refractivity contribution in [2.75, 3.05) is 20.1 Å². The largest absolute Gasteiger partial charge is 0.490 e. The minimum Gasteiger partial charge on any atom is -0.490 e. The molecule has 0 N–H and O–H groups in total. The quantitative estimate of drug-likeness (QED) is 0.300. The summed E-state index contributed by atoms with van der Waals surface area (Å²) in [5.41, 5.74) is 2.33. The Morgan fingerprint density at radius 3 is 2.69 bits per heavy atom. The second kappa shape index (κ2) is 9.84. The van der Waals surface area contributed by atoms with Crippen LogP contribution in [0.2, 0.25) is 0 Å². The molecule has 3 heterocycles. The van der Waals surface area contributed by atoms with Crippen LogP contribution in [0.15, 0.2) is 63.9 Å². The summed E-state index contributed by atoms with van der Waals surface area (Å²) in [4.78, 5) is 27.8. The lowest BCUT2D eigenvalue weighted by Gasteiger charge is -2.29. The molecule has 8 nitrogen and oxygen atoms in total. The highest BCUT2D eigenvalue weighted by atomic mass is 16.5. The number of aromatic nitrogens is 3. The molecule has 4 aromatic rings. The topological polar surface area (TPSA) is 90.5 Å². The van der Waals surface area contributed by atoms with Crippen molar-refractivity contribution >= 4 is 16.8 Å². The second-order valence-electron chi connectivity index (χ2n) is 9.17. The van der Waals surface area contributed by atoms with E-state index in [1.165, 1.54) is 0 Å². The number of rotatable bonds is 7. The van der Waals surface area contributed by atoms with Gasteiger partial charge < -0.3 is 14.1 Å². The number of benzene rings is 2. The molecule has 0 aliphatic carbocycles. The highest BCUT2D eigenvalue weighted by Crippen LogP contribution is 2.29. The van der Waals surface area contributed by atoms with Crippen LogP contribution in [-0.4, -0.2) is 51.9 Å². The van der Waals surface area contributed by atoms with Crippen molar-refractivity contribution in [2.24, 2.45) is 0 Å². The van der Waals surface area contributed by atoms with Crippen LogP contribution in [0.25, 0.3) is 11.0 Å². The molecular formula is C27H28N4O4. The van der Waals surface area contributed by atoms with Crippen LogP contribution in [0.1, 0.15) is 40.0 Å². The smallest absolute Gasteiger partial charge is 0.339 e. The molecule has 2 aromatic heterocycles. The first-order chi connectivity index (χ1) is 17.0.